The van der Waals surface area contributed by atoms with Crippen molar-refractivity contribution in [2.45, 2.75) is 38.3 Å². The number of nitrogens with zero attached hydrogens (tertiary/aromatic N) is 3. The molecular weight excluding hydrogens is 449 g/mol. The van der Waals surface area contributed by atoms with Gasteiger partial charge in [0.2, 0.25) is 5.91 Å². The number of carbonyl (C=O) groups excluding carboxylic acids is 2. The van der Waals surface area contributed by atoms with E-state index in [1.807, 2.05) is 0 Å². The molecule has 1 aromatic carbocycles. The van der Waals surface area contributed by atoms with Gasteiger partial charge in [-0.1, -0.05) is 23.7 Å². The normalized spacial score (nSPS) is 14.8. The number of halogens is 2. The Kier molecular flexibility index (Phi) is 6.24. The third kappa shape index (κ3) is 5.09. The van der Waals surface area contributed by atoms with Crippen LogP contribution < -0.4 is 15.4 Å². The van der Waals surface area contributed by atoms with Crippen molar-refractivity contribution in [2.24, 2.45) is 0 Å². The van der Waals surface area contributed by atoms with Gasteiger partial charge in [0.25, 0.3) is 5.91 Å². The van der Waals surface area contributed by atoms with Gasteiger partial charge >= 0.3 is 0 Å². The van der Waals surface area contributed by atoms with E-state index in [4.69, 9.17) is 16.3 Å². The Morgan fingerprint density at radius 1 is 1.15 bits per heavy atom. The quantitative estimate of drug-likeness (QED) is 0.543. The lowest BCUT2D eigenvalue weighted by atomic mass is 10.1. The zero-order chi connectivity index (χ0) is 23.6. The SMILES string of the molecule is Cc1ncc(C(=O)NC2(C(=O)NC(C)c3ncc(Oc4ccccc4Cl)cc3F)CC2)cn1. The molecule has 1 saturated carbocycles. The zero-order valence-electron chi connectivity index (χ0n) is 17.9. The first-order chi connectivity index (χ1) is 15.8. The minimum atomic E-state index is -1.04. The van der Waals surface area contributed by atoms with Crippen molar-refractivity contribution in [3.8, 4) is 11.5 Å². The van der Waals surface area contributed by atoms with Crippen LogP contribution in [0.25, 0.3) is 0 Å². The molecule has 8 nitrogen and oxygen atoms in total. The average Bonchev–Trinajstić information content (AvgIpc) is 3.56. The van der Waals surface area contributed by atoms with Crippen molar-refractivity contribution < 1.29 is 18.7 Å². The Morgan fingerprint density at radius 2 is 1.85 bits per heavy atom. The van der Waals surface area contributed by atoms with Gasteiger partial charge < -0.3 is 15.4 Å². The van der Waals surface area contributed by atoms with Crippen molar-refractivity contribution in [2.75, 3.05) is 0 Å². The summed E-state index contributed by atoms with van der Waals surface area (Å²) in [7, 11) is 0. The van der Waals surface area contributed by atoms with Gasteiger partial charge in [-0.2, -0.15) is 0 Å². The van der Waals surface area contributed by atoms with Gasteiger partial charge in [0.1, 0.15) is 22.9 Å². The second-order valence-electron chi connectivity index (χ2n) is 7.82. The Hall–Kier alpha value is -3.59. The topological polar surface area (TPSA) is 106 Å². The summed E-state index contributed by atoms with van der Waals surface area (Å²) in [5.41, 5.74) is -0.738. The molecule has 2 heterocycles. The zero-order valence-corrected chi connectivity index (χ0v) is 18.7. The van der Waals surface area contributed by atoms with Crippen molar-refractivity contribution in [1.29, 1.82) is 0 Å². The second kappa shape index (κ2) is 9.11. The Morgan fingerprint density at radius 3 is 2.48 bits per heavy atom. The van der Waals surface area contributed by atoms with E-state index in [1.165, 1.54) is 24.7 Å². The smallest absolute Gasteiger partial charge is 0.255 e. The van der Waals surface area contributed by atoms with E-state index in [1.54, 1.807) is 38.1 Å². The van der Waals surface area contributed by atoms with E-state index in [9.17, 15) is 14.0 Å². The molecule has 1 fully saturated rings. The van der Waals surface area contributed by atoms with Gasteiger partial charge in [-0.3, -0.25) is 14.6 Å². The minimum absolute atomic E-state index is 0.0453. The lowest BCUT2D eigenvalue weighted by molar-refractivity contribution is -0.124. The van der Waals surface area contributed by atoms with Crippen LogP contribution in [0.3, 0.4) is 0 Å². The number of para-hydroxylation sites is 1. The van der Waals surface area contributed by atoms with Crippen molar-refractivity contribution >= 4 is 23.4 Å². The second-order valence-corrected chi connectivity index (χ2v) is 8.23. The number of hydrogen-bond acceptors (Lipinski definition) is 6. The Labute approximate surface area is 194 Å². The predicted octanol–water partition coefficient (Wildman–Crippen LogP) is 3.90. The van der Waals surface area contributed by atoms with Crippen molar-refractivity contribution in [3.63, 3.8) is 0 Å². The average molecular weight is 470 g/mol. The van der Waals surface area contributed by atoms with Crippen LogP contribution in [0.2, 0.25) is 5.02 Å². The van der Waals surface area contributed by atoms with Crippen LogP contribution in [0.4, 0.5) is 4.39 Å². The van der Waals surface area contributed by atoms with E-state index in [-0.39, 0.29) is 17.0 Å². The lowest BCUT2D eigenvalue weighted by Crippen LogP contribution is -2.49. The molecule has 0 aliphatic heterocycles. The van der Waals surface area contributed by atoms with E-state index >= 15 is 0 Å². The van der Waals surface area contributed by atoms with Gasteiger partial charge in [-0.25, -0.2) is 14.4 Å². The summed E-state index contributed by atoms with van der Waals surface area (Å²) in [5, 5.41) is 5.86. The number of aryl methyl sites for hydroxylation is 1. The van der Waals surface area contributed by atoms with Crippen LogP contribution in [-0.2, 0) is 4.79 Å². The highest BCUT2D eigenvalue weighted by Crippen LogP contribution is 2.37. The minimum Gasteiger partial charge on any atom is -0.454 e. The highest BCUT2D eigenvalue weighted by Gasteiger charge is 2.51. The molecule has 0 spiro atoms. The highest BCUT2D eigenvalue weighted by atomic mass is 35.5. The molecule has 1 unspecified atom stereocenters. The summed E-state index contributed by atoms with van der Waals surface area (Å²) in [6.07, 6.45) is 5.12. The predicted molar refractivity (Wildman–Crippen MR) is 118 cm³/mol. The summed E-state index contributed by atoms with van der Waals surface area (Å²) < 4.78 is 20.3. The Bertz CT molecular complexity index is 1200. The number of ether oxygens (including phenoxy) is 1. The summed E-state index contributed by atoms with van der Waals surface area (Å²) in [4.78, 5) is 37.4. The first-order valence-corrected chi connectivity index (χ1v) is 10.7. The van der Waals surface area contributed by atoms with E-state index in [0.29, 0.717) is 29.4 Å². The molecule has 2 N–H and O–H groups in total. The van der Waals surface area contributed by atoms with Crippen molar-refractivity contribution in [1.82, 2.24) is 25.6 Å². The molecule has 1 aliphatic rings. The maximum atomic E-state index is 14.7. The van der Waals surface area contributed by atoms with Gasteiger partial charge in [-0.05, 0) is 38.8 Å². The van der Waals surface area contributed by atoms with E-state index in [2.05, 4.69) is 25.6 Å². The molecule has 170 valence electrons. The molecule has 2 amide bonds. The Balaban J connectivity index is 1.40. The fraction of sp³-hybridized carbons (Fsp3) is 0.261. The summed E-state index contributed by atoms with van der Waals surface area (Å²) in [6.45, 7) is 3.32. The number of pyridine rings is 1. The van der Waals surface area contributed by atoms with Crippen LogP contribution in [0.1, 0.15) is 47.7 Å². The number of nitrogens with one attached hydrogen (secondary N) is 2. The molecular formula is C23H21ClFN5O3. The first kappa shape index (κ1) is 22.6. The molecule has 0 bridgehead atoms. The fourth-order valence-electron chi connectivity index (χ4n) is 3.20. The molecule has 33 heavy (non-hydrogen) atoms. The molecule has 4 rings (SSSR count). The van der Waals surface area contributed by atoms with Crippen LogP contribution in [0, 0.1) is 12.7 Å². The maximum Gasteiger partial charge on any atom is 0.255 e. The monoisotopic (exact) mass is 469 g/mol. The number of hydrogen-bond donors (Lipinski definition) is 2. The van der Waals surface area contributed by atoms with E-state index < -0.39 is 29.2 Å². The maximum absolute atomic E-state index is 14.7. The molecule has 0 radical (unpaired) electrons. The van der Waals surface area contributed by atoms with Gasteiger partial charge in [0, 0.05) is 18.5 Å². The summed E-state index contributed by atoms with van der Waals surface area (Å²) >= 11 is 6.06. The molecule has 3 aromatic rings. The number of benzene rings is 1. The summed E-state index contributed by atoms with van der Waals surface area (Å²) in [6, 6.07) is 7.26. The molecule has 1 aliphatic carbocycles. The van der Waals surface area contributed by atoms with E-state index in [0.717, 1.165) is 0 Å². The third-order valence-corrected chi connectivity index (χ3v) is 5.56. The number of amides is 2. The molecule has 10 heteroatoms. The summed E-state index contributed by atoms with van der Waals surface area (Å²) in [5.74, 6) is -0.404. The van der Waals surface area contributed by atoms with Crippen LogP contribution in [0.5, 0.6) is 11.5 Å². The van der Waals surface area contributed by atoms with Gasteiger partial charge in [-0.15, -0.1) is 0 Å². The van der Waals surface area contributed by atoms with Crippen LogP contribution in [0.15, 0.2) is 48.9 Å². The standard InChI is InChI=1S/C23H21ClFN5O3/c1-13(20-18(25)9-16(12-28-20)33-19-6-4-3-5-17(19)24)29-22(32)23(7-8-23)30-21(31)15-10-26-14(2)27-11-15/h3-6,9-13H,7-8H2,1-2H3,(H,29,32)(H,30,31). The third-order valence-electron chi connectivity index (χ3n) is 5.25. The van der Waals surface area contributed by atoms with Gasteiger partial charge in [0.05, 0.1) is 28.5 Å². The molecule has 2 aromatic heterocycles. The van der Waals surface area contributed by atoms with Crippen LogP contribution >= 0.6 is 11.6 Å². The number of rotatable bonds is 7. The molecule has 0 saturated heterocycles. The fourth-order valence-corrected chi connectivity index (χ4v) is 3.37. The van der Waals surface area contributed by atoms with Crippen molar-refractivity contribution in [3.05, 3.63) is 76.8 Å². The van der Waals surface area contributed by atoms with Gasteiger partial charge in [0.15, 0.2) is 5.82 Å². The number of aromatic nitrogens is 3. The largest absolute Gasteiger partial charge is 0.454 e. The highest BCUT2D eigenvalue weighted by molar-refractivity contribution is 6.32. The number of carbonyl (C=O) groups is 2. The molecule has 1 atom stereocenters. The first-order valence-electron chi connectivity index (χ1n) is 10.3. The lowest BCUT2D eigenvalue weighted by Gasteiger charge is -2.21. The van der Waals surface area contributed by atoms with Crippen LogP contribution in [-0.4, -0.2) is 32.3 Å².